The molecule has 2 amide bonds. The fourth-order valence-electron chi connectivity index (χ4n) is 5.43. The zero-order valence-corrected chi connectivity index (χ0v) is 21.4. The van der Waals surface area contributed by atoms with Crippen molar-refractivity contribution < 1.29 is 19.1 Å². The first kappa shape index (κ1) is 24.1. The number of β-lactam (4-membered cyclic amide) rings is 1. The minimum absolute atomic E-state index is 0.179. The number of hydrogen-bond acceptors (Lipinski definition) is 4. The van der Waals surface area contributed by atoms with Gasteiger partial charge in [0.15, 0.2) is 6.10 Å². The van der Waals surface area contributed by atoms with Crippen molar-refractivity contribution in [1.82, 2.24) is 4.90 Å². The lowest BCUT2D eigenvalue weighted by atomic mass is 9.84. The third-order valence-corrected chi connectivity index (χ3v) is 7.48. The van der Waals surface area contributed by atoms with E-state index in [9.17, 15) is 9.59 Å². The number of cyclic esters (lactones) is 1. The minimum Gasteiger partial charge on any atom is -0.497 e. The number of carbonyl (C=O) groups excluding carboxylic acids is 2. The average molecular weight is 525 g/mol. The molecular formula is C31H25ClN2O4. The molecule has 0 aliphatic carbocycles. The summed E-state index contributed by atoms with van der Waals surface area (Å²) in [7, 11) is 1.60. The number of ether oxygens (including phenoxy) is 2. The van der Waals surface area contributed by atoms with E-state index in [-0.39, 0.29) is 5.91 Å². The van der Waals surface area contributed by atoms with E-state index >= 15 is 0 Å². The summed E-state index contributed by atoms with van der Waals surface area (Å²) in [5.74, 6) is 0.515. The summed E-state index contributed by atoms with van der Waals surface area (Å²) in [4.78, 5) is 30.9. The Balaban J connectivity index is 1.45. The van der Waals surface area contributed by atoms with E-state index in [1.54, 1.807) is 29.0 Å². The molecule has 4 aromatic carbocycles. The van der Waals surface area contributed by atoms with Crippen LogP contribution in [0.1, 0.15) is 34.9 Å². The number of rotatable bonds is 6. The summed E-state index contributed by atoms with van der Waals surface area (Å²) in [6.45, 7) is 0. The number of benzene rings is 4. The quantitative estimate of drug-likeness (QED) is 0.262. The van der Waals surface area contributed by atoms with Crippen molar-refractivity contribution in [2.75, 3.05) is 12.0 Å². The molecule has 0 bridgehead atoms. The van der Waals surface area contributed by atoms with E-state index in [1.165, 1.54) is 0 Å². The van der Waals surface area contributed by atoms with Gasteiger partial charge in [0, 0.05) is 10.7 Å². The van der Waals surface area contributed by atoms with Crippen molar-refractivity contribution >= 4 is 29.3 Å². The molecule has 38 heavy (non-hydrogen) atoms. The van der Waals surface area contributed by atoms with E-state index < -0.39 is 30.3 Å². The Hall–Kier alpha value is -4.29. The molecule has 2 fully saturated rings. The van der Waals surface area contributed by atoms with Crippen LogP contribution in [-0.2, 0) is 9.53 Å². The normalized spacial score (nSPS) is 22.7. The zero-order chi connectivity index (χ0) is 26.2. The number of hydrogen-bond donors (Lipinski definition) is 0. The molecule has 4 atom stereocenters. The fraction of sp³-hybridized carbons (Fsp3) is 0.161. The van der Waals surface area contributed by atoms with Gasteiger partial charge in [-0.15, -0.1) is 0 Å². The first-order valence-electron chi connectivity index (χ1n) is 12.4. The minimum atomic E-state index is -0.760. The summed E-state index contributed by atoms with van der Waals surface area (Å²) < 4.78 is 11.3. The highest BCUT2D eigenvalue weighted by molar-refractivity contribution is 6.30. The lowest BCUT2D eigenvalue weighted by molar-refractivity contribution is -0.131. The molecule has 0 aromatic heterocycles. The van der Waals surface area contributed by atoms with Crippen LogP contribution in [0.15, 0.2) is 109 Å². The van der Waals surface area contributed by atoms with Gasteiger partial charge in [-0.1, -0.05) is 84.4 Å². The molecular weight excluding hydrogens is 500 g/mol. The van der Waals surface area contributed by atoms with Crippen molar-refractivity contribution in [3.8, 4) is 5.75 Å². The van der Waals surface area contributed by atoms with E-state index in [2.05, 4.69) is 0 Å². The van der Waals surface area contributed by atoms with Gasteiger partial charge in [0.05, 0.1) is 13.2 Å². The largest absolute Gasteiger partial charge is 0.497 e. The lowest BCUT2D eigenvalue weighted by Gasteiger charge is -2.51. The molecule has 2 saturated heterocycles. The summed E-state index contributed by atoms with van der Waals surface area (Å²) in [6.07, 6.45) is -1.07. The van der Waals surface area contributed by atoms with Crippen LogP contribution >= 0.6 is 11.6 Å². The summed E-state index contributed by atoms with van der Waals surface area (Å²) >= 11 is 6.19. The van der Waals surface area contributed by atoms with Crippen LogP contribution in [-0.4, -0.2) is 30.1 Å². The smallest absolute Gasteiger partial charge is 0.411 e. The molecule has 0 radical (unpaired) electrons. The molecule has 6 rings (SSSR count). The second kappa shape index (κ2) is 9.88. The third kappa shape index (κ3) is 4.07. The number of amides is 2. The molecule has 6 nitrogen and oxygen atoms in total. The van der Waals surface area contributed by atoms with Crippen LogP contribution in [0.25, 0.3) is 0 Å². The van der Waals surface area contributed by atoms with Crippen LogP contribution < -0.4 is 9.64 Å². The molecule has 7 heteroatoms. The number of methoxy groups -OCH3 is 1. The predicted molar refractivity (Wildman–Crippen MR) is 145 cm³/mol. The molecule has 190 valence electrons. The Labute approximate surface area is 226 Å². The van der Waals surface area contributed by atoms with Crippen LogP contribution in [0.3, 0.4) is 0 Å². The zero-order valence-electron chi connectivity index (χ0n) is 20.6. The molecule has 2 aliphatic heterocycles. The summed E-state index contributed by atoms with van der Waals surface area (Å²) in [5, 5.41) is 0.596. The molecule has 2 aliphatic rings. The van der Waals surface area contributed by atoms with Gasteiger partial charge in [-0.2, -0.15) is 0 Å². The average Bonchev–Trinajstić information content (AvgIpc) is 3.30. The highest BCUT2D eigenvalue weighted by Crippen LogP contribution is 2.51. The maximum atomic E-state index is 13.9. The van der Waals surface area contributed by atoms with E-state index in [4.69, 9.17) is 21.1 Å². The summed E-state index contributed by atoms with van der Waals surface area (Å²) in [6, 6.07) is 32.4. The number of carbonyl (C=O) groups is 2. The fourth-order valence-corrected chi connectivity index (χ4v) is 5.55. The monoisotopic (exact) mass is 524 g/mol. The molecule has 0 spiro atoms. The SMILES string of the molecule is COc1ccc(N2C(=O)[C@H](N3C(=O)O[C@@H](c4ccccc4)[C@H]3c3ccccc3)[C@@H]2c2ccc(Cl)cc2)cc1. The lowest BCUT2D eigenvalue weighted by Crippen LogP contribution is -2.66. The van der Waals surface area contributed by atoms with Crippen molar-refractivity contribution in [2.24, 2.45) is 0 Å². The van der Waals surface area contributed by atoms with Crippen LogP contribution in [0.2, 0.25) is 5.02 Å². The van der Waals surface area contributed by atoms with Gasteiger partial charge in [-0.25, -0.2) is 4.79 Å². The Morgan fingerprint density at radius 3 is 1.87 bits per heavy atom. The van der Waals surface area contributed by atoms with Gasteiger partial charge in [-0.05, 0) is 53.1 Å². The predicted octanol–water partition coefficient (Wildman–Crippen LogP) is 6.74. The maximum Gasteiger partial charge on any atom is 0.411 e. The van der Waals surface area contributed by atoms with Crippen LogP contribution in [0.4, 0.5) is 10.5 Å². The highest BCUT2D eigenvalue weighted by atomic mass is 35.5. The Bertz CT molecular complexity index is 1450. The third-order valence-electron chi connectivity index (χ3n) is 7.22. The Morgan fingerprint density at radius 1 is 0.684 bits per heavy atom. The van der Waals surface area contributed by atoms with Gasteiger partial charge >= 0.3 is 6.09 Å². The highest BCUT2D eigenvalue weighted by Gasteiger charge is 2.59. The number of nitrogens with zero attached hydrogens (tertiary/aromatic N) is 2. The topological polar surface area (TPSA) is 59.1 Å². The summed E-state index contributed by atoms with van der Waals surface area (Å²) in [5.41, 5.74) is 3.37. The number of anilines is 1. The van der Waals surface area contributed by atoms with Gasteiger partial charge in [0.1, 0.15) is 17.8 Å². The standard InChI is InChI=1S/C31H25ClN2O4/c1-37-25-18-16-24(17-19-25)33-26(21-12-14-23(32)15-13-21)28(30(33)35)34-27(20-8-4-2-5-9-20)29(38-31(34)36)22-10-6-3-7-11-22/h2-19,26-29H,1H3/t26-,27+,28+,29-/m0/s1. The second-order valence-electron chi connectivity index (χ2n) is 9.33. The molecule has 4 aromatic rings. The van der Waals surface area contributed by atoms with Crippen LogP contribution in [0.5, 0.6) is 5.75 Å². The van der Waals surface area contributed by atoms with E-state index in [0.29, 0.717) is 10.8 Å². The molecule has 0 unspecified atom stereocenters. The molecule has 0 N–H and O–H groups in total. The first-order valence-corrected chi connectivity index (χ1v) is 12.8. The van der Waals surface area contributed by atoms with Crippen LogP contribution in [0, 0.1) is 0 Å². The molecule has 0 saturated carbocycles. The second-order valence-corrected chi connectivity index (χ2v) is 9.76. The van der Waals surface area contributed by atoms with E-state index in [0.717, 1.165) is 22.4 Å². The van der Waals surface area contributed by atoms with Crippen molar-refractivity contribution in [3.63, 3.8) is 0 Å². The van der Waals surface area contributed by atoms with Crippen molar-refractivity contribution in [2.45, 2.75) is 24.2 Å². The maximum absolute atomic E-state index is 13.9. The molecule has 2 heterocycles. The van der Waals surface area contributed by atoms with Crippen molar-refractivity contribution in [1.29, 1.82) is 0 Å². The van der Waals surface area contributed by atoms with Gasteiger partial charge in [-0.3, -0.25) is 9.69 Å². The number of halogens is 1. The Kier molecular flexibility index (Phi) is 6.26. The van der Waals surface area contributed by atoms with Gasteiger partial charge < -0.3 is 14.4 Å². The first-order chi connectivity index (χ1) is 18.6. The van der Waals surface area contributed by atoms with Gasteiger partial charge in [0.25, 0.3) is 5.91 Å². The van der Waals surface area contributed by atoms with Crippen molar-refractivity contribution in [3.05, 3.63) is 131 Å². The van der Waals surface area contributed by atoms with E-state index in [1.807, 2.05) is 97.1 Å². The van der Waals surface area contributed by atoms with Gasteiger partial charge in [0.2, 0.25) is 0 Å². The Morgan fingerprint density at radius 2 is 1.26 bits per heavy atom.